The van der Waals surface area contributed by atoms with Crippen LogP contribution in [0.2, 0.25) is 0 Å². The number of imide groups is 1. The van der Waals surface area contributed by atoms with Crippen LogP contribution in [-0.2, 0) is 15.9 Å². The molecule has 208 valence electrons. The number of halogens is 1. The molecule has 2 aromatic heterocycles. The van der Waals surface area contributed by atoms with Gasteiger partial charge in [-0.25, -0.2) is 19.0 Å². The molecular weight excluding hydrogens is 521 g/mol. The first-order valence-electron chi connectivity index (χ1n) is 12.3. The van der Waals surface area contributed by atoms with Crippen molar-refractivity contribution >= 4 is 29.8 Å². The number of rotatable bonds is 6. The molecule has 10 heteroatoms. The van der Waals surface area contributed by atoms with Gasteiger partial charge < -0.3 is 14.2 Å². The maximum atomic E-state index is 15.9. The maximum Gasteiger partial charge on any atom is 0.425 e. The highest BCUT2D eigenvalue weighted by atomic mass is 32.2. The van der Waals surface area contributed by atoms with Gasteiger partial charge in [0, 0.05) is 23.7 Å². The molecule has 0 N–H and O–H groups in total. The second-order valence-electron chi connectivity index (χ2n) is 10.8. The van der Waals surface area contributed by atoms with Gasteiger partial charge in [-0.1, -0.05) is 0 Å². The summed E-state index contributed by atoms with van der Waals surface area (Å²) in [5.41, 5.74) is -0.212. The molecule has 1 aromatic carbocycles. The third-order valence-corrected chi connectivity index (χ3v) is 6.00. The third-order valence-electron chi connectivity index (χ3n) is 5.26. The largest absolute Gasteiger partial charge is 0.455 e. The molecule has 2 amide bonds. The van der Waals surface area contributed by atoms with Crippen LogP contribution in [0.5, 0.6) is 11.5 Å². The van der Waals surface area contributed by atoms with Gasteiger partial charge in [0.2, 0.25) is 0 Å². The molecule has 0 spiro atoms. The number of hydrogen-bond acceptors (Lipinski definition) is 8. The number of hydrogen-bond donors (Lipinski definition) is 0. The van der Waals surface area contributed by atoms with Crippen LogP contribution in [-0.4, -0.2) is 39.6 Å². The predicted octanol–water partition coefficient (Wildman–Crippen LogP) is 7.71. The molecule has 0 unspecified atom stereocenters. The highest BCUT2D eigenvalue weighted by Crippen LogP contribution is 2.31. The first-order valence-corrected chi connectivity index (χ1v) is 13.6. The van der Waals surface area contributed by atoms with Crippen LogP contribution in [0.3, 0.4) is 0 Å². The summed E-state index contributed by atoms with van der Waals surface area (Å²) >= 11 is 1.63. The van der Waals surface area contributed by atoms with Crippen LogP contribution >= 0.6 is 11.8 Å². The first kappa shape index (κ1) is 29.9. The minimum Gasteiger partial charge on any atom is -0.455 e. The smallest absolute Gasteiger partial charge is 0.425 e. The Morgan fingerprint density at radius 3 is 2.05 bits per heavy atom. The van der Waals surface area contributed by atoms with Crippen molar-refractivity contribution < 1.29 is 28.2 Å². The molecule has 0 atom stereocenters. The van der Waals surface area contributed by atoms with Gasteiger partial charge in [-0.2, -0.15) is 4.90 Å². The number of amides is 2. The van der Waals surface area contributed by atoms with E-state index in [4.69, 9.17) is 14.2 Å². The second-order valence-corrected chi connectivity index (χ2v) is 11.7. The minimum absolute atomic E-state index is 0.110. The third kappa shape index (κ3) is 8.16. The highest BCUT2D eigenvalue weighted by Gasteiger charge is 2.36. The topological polar surface area (TPSA) is 90.9 Å². The summed E-state index contributed by atoms with van der Waals surface area (Å²) in [4.78, 5) is 35.8. The normalized spacial score (nSPS) is 11.6. The number of benzene rings is 1. The maximum absolute atomic E-state index is 15.9. The van der Waals surface area contributed by atoms with Crippen LogP contribution in [0.15, 0.2) is 53.8 Å². The standard InChI is InChI=1S/C29H34FN3O5S/c1-18-20(16-31-17-23(18)36-21-9-11-22(39-8)12-10-21)15-19-13-14-32-25(24(19)30)33(26(34)37-28(2,3)4)27(35)38-29(5,6)7/h9-14,16-17H,15H2,1-8H3. The number of thioether (sulfide) groups is 1. The van der Waals surface area contributed by atoms with E-state index in [2.05, 4.69) is 9.97 Å². The number of aromatic nitrogens is 2. The van der Waals surface area contributed by atoms with Gasteiger partial charge >= 0.3 is 12.2 Å². The SMILES string of the molecule is CSc1ccc(Oc2cncc(Cc3ccnc(N(C(=O)OC(C)(C)C)C(=O)OC(C)(C)C)c3F)c2C)cc1. The number of anilines is 1. The van der Waals surface area contributed by atoms with Crippen LogP contribution in [0.1, 0.15) is 58.2 Å². The van der Waals surface area contributed by atoms with Gasteiger partial charge in [0.1, 0.15) is 22.7 Å². The van der Waals surface area contributed by atoms with Crippen molar-refractivity contribution in [3.05, 3.63) is 71.4 Å². The van der Waals surface area contributed by atoms with Crippen molar-refractivity contribution in [1.82, 2.24) is 9.97 Å². The molecule has 0 bridgehead atoms. The molecular formula is C29H34FN3O5S. The van der Waals surface area contributed by atoms with Crippen molar-refractivity contribution in [3.63, 3.8) is 0 Å². The fraction of sp³-hybridized carbons (Fsp3) is 0.379. The molecule has 0 aliphatic heterocycles. The number of ether oxygens (including phenoxy) is 3. The quantitative estimate of drug-likeness (QED) is 0.286. The van der Waals surface area contributed by atoms with E-state index in [9.17, 15) is 9.59 Å². The molecule has 0 aliphatic rings. The summed E-state index contributed by atoms with van der Waals surface area (Å²) in [5, 5.41) is 0. The molecule has 0 aliphatic carbocycles. The average molecular weight is 556 g/mol. The molecule has 39 heavy (non-hydrogen) atoms. The van der Waals surface area contributed by atoms with E-state index in [1.165, 1.54) is 12.3 Å². The fourth-order valence-electron chi connectivity index (χ4n) is 3.43. The van der Waals surface area contributed by atoms with Crippen LogP contribution < -0.4 is 9.64 Å². The molecule has 0 fully saturated rings. The summed E-state index contributed by atoms with van der Waals surface area (Å²) in [6.07, 6.45) is 4.46. The summed E-state index contributed by atoms with van der Waals surface area (Å²) < 4.78 is 32.6. The van der Waals surface area contributed by atoms with E-state index >= 15 is 4.39 Å². The van der Waals surface area contributed by atoms with Crippen molar-refractivity contribution in [1.29, 1.82) is 0 Å². The lowest BCUT2D eigenvalue weighted by Crippen LogP contribution is -2.44. The van der Waals surface area contributed by atoms with Crippen molar-refractivity contribution in [2.75, 3.05) is 11.2 Å². The summed E-state index contributed by atoms with van der Waals surface area (Å²) in [5.74, 6) is -0.184. The van der Waals surface area contributed by atoms with Gasteiger partial charge in [0.15, 0.2) is 11.6 Å². The van der Waals surface area contributed by atoms with Crippen molar-refractivity contribution in [2.24, 2.45) is 0 Å². The Morgan fingerprint density at radius 2 is 1.51 bits per heavy atom. The number of nitrogens with zero attached hydrogens (tertiary/aromatic N) is 3. The Kier molecular flexibility index (Phi) is 9.22. The number of carbonyl (C=O) groups is 2. The Labute approximate surface area is 232 Å². The number of pyridine rings is 2. The fourth-order valence-corrected chi connectivity index (χ4v) is 3.84. The Bertz CT molecular complexity index is 1310. The van der Waals surface area contributed by atoms with E-state index in [1.54, 1.807) is 65.7 Å². The van der Waals surface area contributed by atoms with Gasteiger partial charge in [-0.15, -0.1) is 11.8 Å². The zero-order valence-electron chi connectivity index (χ0n) is 23.5. The first-order chi connectivity index (χ1) is 18.2. The van der Waals surface area contributed by atoms with Gasteiger partial charge in [-0.05, 0) is 102 Å². The Hall–Kier alpha value is -3.66. The van der Waals surface area contributed by atoms with E-state index in [1.807, 2.05) is 37.4 Å². The minimum atomic E-state index is -1.10. The average Bonchev–Trinajstić information content (AvgIpc) is 2.82. The second kappa shape index (κ2) is 12.0. The van der Waals surface area contributed by atoms with E-state index in [0.717, 1.165) is 10.5 Å². The number of carbonyl (C=O) groups excluding carboxylic acids is 2. The van der Waals surface area contributed by atoms with Gasteiger partial charge in [-0.3, -0.25) is 4.98 Å². The van der Waals surface area contributed by atoms with Crippen molar-refractivity contribution in [2.45, 2.75) is 71.0 Å². The van der Waals surface area contributed by atoms with Crippen LogP contribution in [0, 0.1) is 12.7 Å². The van der Waals surface area contributed by atoms with Crippen LogP contribution in [0.4, 0.5) is 19.8 Å². The van der Waals surface area contributed by atoms with Crippen molar-refractivity contribution in [3.8, 4) is 11.5 Å². The monoisotopic (exact) mass is 555 g/mol. The Morgan fingerprint density at radius 1 is 0.923 bits per heavy atom. The summed E-state index contributed by atoms with van der Waals surface area (Å²) in [6.45, 7) is 11.7. The van der Waals surface area contributed by atoms with E-state index < -0.39 is 35.0 Å². The molecule has 0 saturated carbocycles. The zero-order chi connectivity index (χ0) is 29.0. The Balaban J connectivity index is 1.94. The zero-order valence-corrected chi connectivity index (χ0v) is 24.3. The van der Waals surface area contributed by atoms with Gasteiger partial charge in [0.25, 0.3) is 0 Å². The summed E-state index contributed by atoms with van der Waals surface area (Å²) in [7, 11) is 0. The van der Waals surface area contributed by atoms with Gasteiger partial charge in [0.05, 0.1) is 6.20 Å². The molecule has 3 aromatic rings. The lowest BCUT2D eigenvalue weighted by Gasteiger charge is -2.28. The highest BCUT2D eigenvalue weighted by molar-refractivity contribution is 7.98. The predicted molar refractivity (Wildman–Crippen MR) is 149 cm³/mol. The molecule has 8 nitrogen and oxygen atoms in total. The van der Waals surface area contributed by atoms with E-state index in [0.29, 0.717) is 22.0 Å². The molecule has 3 rings (SSSR count). The summed E-state index contributed by atoms with van der Waals surface area (Å²) in [6, 6.07) is 9.14. The molecule has 0 saturated heterocycles. The van der Waals surface area contributed by atoms with E-state index in [-0.39, 0.29) is 12.0 Å². The van der Waals surface area contributed by atoms with Crippen LogP contribution in [0.25, 0.3) is 0 Å². The lowest BCUT2D eigenvalue weighted by molar-refractivity contribution is 0.0427. The molecule has 2 heterocycles. The lowest BCUT2D eigenvalue weighted by atomic mass is 10.0. The molecule has 0 radical (unpaired) electrons.